The Balaban J connectivity index is 1.82. The van der Waals surface area contributed by atoms with Gasteiger partial charge in [0.05, 0.1) is 15.6 Å². The summed E-state index contributed by atoms with van der Waals surface area (Å²) >= 11 is 6.08. The second-order valence-corrected chi connectivity index (χ2v) is 5.17. The molecule has 8 heteroatoms. The lowest BCUT2D eigenvalue weighted by Crippen LogP contribution is -2.17. The van der Waals surface area contributed by atoms with Crippen LogP contribution in [0.15, 0.2) is 54.7 Å². The molecule has 3 aromatic rings. The van der Waals surface area contributed by atoms with Gasteiger partial charge in [0, 0.05) is 23.7 Å². The zero-order chi connectivity index (χ0) is 17.1. The van der Waals surface area contributed by atoms with Crippen LogP contribution in [0.25, 0.3) is 10.9 Å². The summed E-state index contributed by atoms with van der Waals surface area (Å²) in [7, 11) is 0. The Labute approximate surface area is 141 Å². The molecule has 0 saturated heterocycles. The average molecular weight is 344 g/mol. The molecule has 0 fully saturated rings. The maximum Gasteiger partial charge on any atom is 0.417 e. The number of anilines is 1. The van der Waals surface area contributed by atoms with E-state index >= 15 is 0 Å². The first kappa shape index (κ1) is 15.7. The van der Waals surface area contributed by atoms with Gasteiger partial charge in [-0.15, -0.1) is 0 Å². The molecule has 0 unspecified atom stereocenters. The number of nitrogens with zero attached hydrogens (tertiary/aromatic N) is 2. The van der Waals surface area contributed by atoms with Crippen molar-refractivity contribution in [2.24, 2.45) is 0 Å². The minimum Gasteiger partial charge on any atom is -0.408 e. The number of halogens is 1. The zero-order valence-electron chi connectivity index (χ0n) is 12.1. The fourth-order valence-electron chi connectivity index (χ4n) is 2.13. The van der Waals surface area contributed by atoms with Gasteiger partial charge in [0.25, 0.3) is 5.69 Å². The van der Waals surface area contributed by atoms with E-state index in [0.29, 0.717) is 15.9 Å². The zero-order valence-corrected chi connectivity index (χ0v) is 12.9. The number of carbonyl (C=O) groups is 1. The van der Waals surface area contributed by atoms with E-state index in [2.05, 4.69) is 10.3 Å². The molecule has 120 valence electrons. The van der Waals surface area contributed by atoms with Crippen molar-refractivity contribution in [1.29, 1.82) is 0 Å². The lowest BCUT2D eigenvalue weighted by Gasteiger charge is -2.09. The Kier molecular flexibility index (Phi) is 4.26. The molecule has 2 aromatic carbocycles. The Morgan fingerprint density at radius 1 is 1.21 bits per heavy atom. The third-order valence-corrected chi connectivity index (χ3v) is 3.52. The summed E-state index contributed by atoms with van der Waals surface area (Å²) in [5.74, 6) is 0.234. The molecule has 0 aliphatic carbocycles. The number of rotatable bonds is 3. The summed E-state index contributed by atoms with van der Waals surface area (Å²) in [5.41, 5.74) is 0.561. The predicted octanol–water partition coefficient (Wildman–Crippen LogP) is 4.41. The first-order valence-corrected chi connectivity index (χ1v) is 7.19. The Morgan fingerprint density at radius 2 is 2.04 bits per heavy atom. The largest absolute Gasteiger partial charge is 0.417 e. The molecular weight excluding hydrogens is 334 g/mol. The first-order valence-electron chi connectivity index (χ1n) is 6.81. The molecule has 0 aliphatic heterocycles. The number of amides is 1. The number of carbonyl (C=O) groups excluding carboxylic acids is 1. The fourth-order valence-corrected chi connectivity index (χ4v) is 2.35. The maximum absolute atomic E-state index is 12.0. The highest BCUT2D eigenvalue weighted by Gasteiger charge is 2.13. The molecule has 0 bridgehead atoms. The summed E-state index contributed by atoms with van der Waals surface area (Å²) in [4.78, 5) is 26.4. The molecule has 0 atom stereocenters. The van der Waals surface area contributed by atoms with Crippen LogP contribution >= 0.6 is 11.6 Å². The smallest absolute Gasteiger partial charge is 0.408 e. The topological polar surface area (TPSA) is 94.4 Å². The van der Waals surface area contributed by atoms with Crippen LogP contribution in [0.3, 0.4) is 0 Å². The first-order chi connectivity index (χ1) is 11.5. The third kappa shape index (κ3) is 3.26. The van der Waals surface area contributed by atoms with E-state index in [1.807, 2.05) is 0 Å². The molecular formula is C16H10ClN3O4. The molecule has 1 N–H and O–H groups in total. The van der Waals surface area contributed by atoms with Crippen LogP contribution in [-0.4, -0.2) is 16.0 Å². The molecule has 3 rings (SSSR count). The third-order valence-electron chi connectivity index (χ3n) is 3.19. The van der Waals surface area contributed by atoms with E-state index in [1.54, 1.807) is 24.4 Å². The highest BCUT2D eigenvalue weighted by atomic mass is 35.5. The summed E-state index contributed by atoms with van der Waals surface area (Å²) in [6.07, 6.45) is 0.772. The number of aromatic nitrogens is 1. The molecule has 0 spiro atoms. The summed E-state index contributed by atoms with van der Waals surface area (Å²) in [5, 5.41) is 14.3. The molecule has 0 aliphatic rings. The van der Waals surface area contributed by atoms with Gasteiger partial charge in [-0.05, 0) is 30.3 Å². The molecule has 1 heterocycles. The second kappa shape index (κ2) is 6.51. The van der Waals surface area contributed by atoms with Gasteiger partial charge >= 0.3 is 6.09 Å². The van der Waals surface area contributed by atoms with Crippen molar-refractivity contribution < 1.29 is 14.5 Å². The van der Waals surface area contributed by atoms with Crippen molar-refractivity contribution in [3.63, 3.8) is 0 Å². The van der Waals surface area contributed by atoms with Crippen molar-refractivity contribution in [3.8, 4) is 5.75 Å². The van der Waals surface area contributed by atoms with Crippen molar-refractivity contribution in [2.45, 2.75) is 0 Å². The molecule has 0 radical (unpaired) electrons. The summed E-state index contributed by atoms with van der Waals surface area (Å²) < 4.78 is 5.25. The van der Waals surface area contributed by atoms with Crippen molar-refractivity contribution in [2.75, 3.05) is 5.32 Å². The number of nitrogens with one attached hydrogen (secondary N) is 1. The summed E-state index contributed by atoms with van der Waals surface area (Å²) in [6.45, 7) is 0. The number of nitro groups is 1. The van der Waals surface area contributed by atoms with E-state index in [-0.39, 0.29) is 17.1 Å². The van der Waals surface area contributed by atoms with Gasteiger partial charge in [-0.3, -0.25) is 20.4 Å². The average Bonchev–Trinajstić information content (AvgIpc) is 2.58. The van der Waals surface area contributed by atoms with Gasteiger partial charge in [0.15, 0.2) is 5.75 Å². The molecule has 24 heavy (non-hydrogen) atoms. The standard InChI is InChI=1S/C16H10ClN3O4/c17-13-6-7-14(15-12(13)5-2-8-18-15)24-16(21)19-10-3-1-4-11(9-10)20(22)23/h1-9H,(H,19,21). The van der Waals surface area contributed by atoms with E-state index in [0.717, 1.165) is 0 Å². The van der Waals surface area contributed by atoms with Gasteiger partial charge in [-0.1, -0.05) is 17.7 Å². The van der Waals surface area contributed by atoms with E-state index < -0.39 is 11.0 Å². The van der Waals surface area contributed by atoms with Gasteiger partial charge in [0.2, 0.25) is 0 Å². The molecule has 1 aromatic heterocycles. The molecule has 7 nitrogen and oxygen atoms in total. The number of ether oxygens (including phenoxy) is 1. The van der Waals surface area contributed by atoms with Crippen LogP contribution < -0.4 is 10.1 Å². The van der Waals surface area contributed by atoms with Crippen LogP contribution in [0.2, 0.25) is 5.02 Å². The van der Waals surface area contributed by atoms with Gasteiger partial charge < -0.3 is 4.74 Å². The maximum atomic E-state index is 12.0. The molecule has 0 saturated carbocycles. The van der Waals surface area contributed by atoms with E-state index in [9.17, 15) is 14.9 Å². The number of hydrogen-bond donors (Lipinski definition) is 1. The van der Waals surface area contributed by atoms with Gasteiger partial charge in [-0.2, -0.15) is 0 Å². The lowest BCUT2D eigenvalue weighted by molar-refractivity contribution is -0.384. The Hall–Kier alpha value is -3.19. The van der Waals surface area contributed by atoms with Crippen LogP contribution in [0.4, 0.5) is 16.2 Å². The van der Waals surface area contributed by atoms with Crippen molar-refractivity contribution in [1.82, 2.24) is 4.98 Å². The van der Waals surface area contributed by atoms with Gasteiger partial charge in [0.1, 0.15) is 5.52 Å². The monoisotopic (exact) mass is 343 g/mol. The number of non-ortho nitro benzene ring substituents is 1. The number of fused-ring (bicyclic) bond motifs is 1. The minimum absolute atomic E-state index is 0.133. The summed E-state index contributed by atoms with van der Waals surface area (Å²) in [6, 6.07) is 12.2. The van der Waals surface area contributed by atoms with Crippen LogP contribution in [0.5, 0.6) is 5.75 Å². The highest BCUT2D eigenvalue weighted by molar-refractivity contribution is 6.35. The minimum atomic E-state index is -0.787. The number of pyridine rings is 1. The Morgan fingerprint density at radius 3 is 2.83 bits per heavy atom. The van der Waals surface area contributed by atoms with Crippen molar-refractivity contribution >= 4 is 40.0 Å². The highest BCUT2D eigenvalue weighted by Crippen LogP contribution is 2.29. The van der Waals surface area contributed by atoms with Crippen LogP contribution in [-0.2, 0) is 0 Å². The van der Waals surface area contributed by atoms with Gasteiger partial charge in [-0.25, -0.2) is 4.79 Å². The van der Waals surface area contributed by atoms with E-state index in [1.165, 1.54) is 30.3 Å². The molecule has 1 amide bonds. The fraction of sp³-hybridized carbons (Fsp3) is 0. The van der Waals surface area contributed by atoms with Crippen LogP contribution in [0, 0.1) is 10.1 Å². The van der Waals surface area contributed by atoms with E-state index in [4.69, 9.17) is 16.3 Å². The second-order valence-electron chi connectivity index (χ2n) is 4.77. The predicted molar refractivity (Wildman–Crippen MR) is 89.5 cm³/mol. The lowest BCUT2D eigenvalue weighted by atomic mass is 10.2. The SMILES string of the molecule is O=C(Nc1cccc([N+](=O)[O-])c1)Oc1ccc(Cl)c2cccnc12. The normalized spacial score (nSPS) is 10.4. The quantitative estimate of drug-likeness (QED) is 0.561. The van der Waals surface area contributed by atoms with Crippen molar-refractivity contribution in [3.05, 3.63) is 69.9 Å². The number of nitro benzene ring substituents is 1. The number of hydrogen-bond acceptors (Lipinski definition) is 5. The van der Waals surface area contributed by atoms with Crippen LogP contribution in [0.1, 0.15) is 0 Å². The number of benzene rings is 2. The Bertz CT molecular complexity index is 946.